The molecule has 0 atom stereocenters. The lowest BCUT2D eigenvalue weighted by atomic mass is 9.85. The molecule has 0 spiro atoms. The average molecular weight is 373 g/mol. The molecule has 2 aliphatic rings. The molecule has 3 nitrogen and oxygen atoms in total. The summed E-state index contributed by atoms with van der Waals surface area (Å²) >= 11 is 0. The fraction of sp³-hybridized carbons (Fsp3) is 0.727. The number of aryl methyl sites for hydroxylation is 3. The molecule has 2 fully saturated rings. The van der Waals surface area contributed by atoms with Gasteiger partial charge in [0.05, 0.1) is 0 Å². The van der Waals surface area contributed by atoms with Crippen molar-refractivity contribution in [2.75, 3.05) is 26.2 Å². The Balaban J connectivity index is 1.57. The third kappa shape index (κ3) is 4.28. The minimum absolute atomic E-state index is 0.703. The van der Waals surface area contributed by atoms with Crippen molar-refractivity contribution in [2.24, 2.45) is 11.8 Å². The van der Waals surface area contributed by atoms with E-state index in [0.717, 1.165) is 30.1 Å². The maximum absolute atomic E-state index is 13.3. The average Bonchev–Trinajstić information content (AvgIpc) is 2.61. The smallest absolute Gasteiger partial charge is 0.374 e. The molecular weight excluding hydrogens is 336 g/mol. The molecule has 0 saturated carbocycles. The van der Waals surface area contributed by atoms with Gasteiger partial charge in [0.25, 0.3) is 0 Å². The van der Waals surface area contributed by atoms with Crippen molar-refractivity contribution >= 4 is 14.0 Å². The fourth-order valence-electron chi connectivity index (χ4n) is 5.06. The van der Waals surface area contributed by atoms with Crippen molar-refractivity contribution < 1.29 is 4.46 Å². The summed E-state index contributed by atoms with van der Waals surface area (Å²) in [6.07, 6.45) is 5.06. The molecule has 0 bridgehead atoms. The zero-order valence-corrected chi connectivity index (χ0v) is 18.3. The van der Waals surface area contributed by atoms with Crippen LogP contribution in [0, 0.1) is 32.6 Å². The van der Waals surface area contributed by atoms with E-state index >= 15 is 0 Å². The molecule has 1 aromatic carbocycles. The third-order valence-corrected chi connectivity index (χ3v) is 8.91. The van der Waals surface area contributed by atoms with E-state index in [4.69, 9.17) is 0 Å². The maximum atomic E-state index is 13.3. The summed E-state index contributed by atoms with van der Waals surface area (Å²) in [5.41, 5.74) is 3.66. The maximum Gasteiger partial charge on any atom is 0.431 e. The van der Waals surface area contributed by atoms with Gasteiger partial charge < -0.3 is 13.9 Å². The van der Waals surface area contributed by atoms with Gasteiger partial charge in [0.15, 0.2) is 0 Å². The number of hydrogen-bond donors (Lipinski definition) is 0. The van der Waals surface area contributed by atoms with Gasteiger partial charge in [-0.1, -0.05) is 31.5 Å². The van der Waals surface area contributed by atoms with E-state index in [0.29, 0.717) is 6.04 Å². The lowest BCUT2D eigenvalue weighted by Gasteiger charge is -2.42. The molecular formula is C22H36N2OSi. The Labute approximate surface area is 161 Å². The number of likely N-dealkylation sites (tertiary alicyclic amines) is 1. The molecule has 0 aromatic heterocycles. The molecule has 0 aliphatic carbocycles. The normalized spacial score (nSPS) is 20.8. The molecule has 3 rings (SSSR count). The molecule has 144 valence electrons. The van der Waals surface area contributed by atoms with Crippen molar-refractivity contribution in [3.8, 4) is 0 Å². The van der Waals surface area contributed by atoms with Crippen LogP contribution in [-0.4, -0.2) is 50.5 Å². The zero-order valence-electron chi connectivity index (χ0n) is 17.3. The lowest BCUT2D eigenvalue weighted by Crippen LogP contribution is -2.52. The Morgan fingerprint density at radius 1 is 0.923 bits per heavy atom. The van der Waals surface area contributed by atoms with Crippen molar-refractivity contribution in [3.05, 3.63) is 28.8 Å². The van der Waals surface area contributed by atoms with Crippen LogP contribution in [0.1, 0.15) is 56.2 Å². The lowest BCUT2D eigenvalue weighted by molar-refractivity contribution is 0.0841. The van der Waals surface area contributed by atoms with Gasteiger partial charge in [0, 0.05) is 24.3 Å². The van der Waals surface area contributed by atoms with Crippen LogP contribution in [0.15, 0.2) is 12.1 Å². The topological polar surface area (TPSA) is 23.6 Å². The van der Waals surface area contributed by atoms with Gasteiger partial charge in [-0.2, -0.15) is 0 Å². The molecule has 26 heavy (non-hydrogen) atoms. The summed E-state index contributed by atoms with van der Waals surface area (Å²) in [7, 11) is -1.85. The molecule has 0 unspecified atom stereocenters. The first-order valence-electron chi connectivity index (χ1n) is 10.5. The van der Waals surface area contributed by atoms with Crippen LogP contribution in [-0.2, 0) is 4.46 Å². The summed E-state index contributed by atoms with van der Waals surface area (Å²) in [6, 6.07) is 5.06. The Hall–Kier alpha value is -1.00. The Morgan fingerprint density at radius 3 is 1.96 bits per heavy atom. The van der Waals surface area contributed by atoms with Crippen molar-refractivity contribution in [1.82, 2.24) is 9.47 Å². The van der Waals surface area contributed by atoms with Crippen LogP contribution in [0.5, 0.6) is 0 Å². The molecule has 2 aliphatic heterocycles. The highest BCUT2D eigenvalue weighted by atomic mass is 28.3. The second-order valence-electron chi connectivity index (χ2n) is 8.91. The van der Waals surface area contributed by atoms with E-state index in [2.05, 4.69) is 56.2 Å². The first-order valence-corrected chi connectivity index (χ1v) is 11.8. The number of benzene rings is 1. The van der Waals surface area contributed by atoms with Gasteiger partial charge in [0.2, 0.25) is 0 Å². The number of rotatable bonds is 4. The summed E-state index contributed by atoms with van der Waals surface area (Å²) in [4.78, 5) is 2.72. The summed E-state index contributed by atoms with van der Waals surface area (Å²) < 4.78 is 15.5. The molecule has 0 radical (unpaired) electrons. The quantitative estimate of drug-likeness (QED) is 0.755. The van der Waals surface area contributed by atoms with E-state index in [1.54, 1.807) is 0 Å². The Bertz CT molecular complexity index is 619. The second-order valence-corrected chi connectivity index (χ2v) is 10.7. The monoisotopic (exact) mass is 372 g/mol. The van der Waals surface area contributed by atoms with Crippen LogP contribution in [0.2, 0.25) is 0 Å². The van der Waals surface area contributed by atoms with Crippen LogP contribution < -0.4 is 5.19 Å². The van der Waals surface area contributed by atoms with E-state index in [1.165, 1.54) is 55.5 Å². The van der Waals surface area contributed by atoms with E-state index in [1.807, 2.05) is 0 Å². The van der Waals surface area contributed by atoms with E-state index < -0.39 is 8.84 Å². The highest BCUT2D eigenvalue weighted by molar-refractivity contribution is 6.58. The highest BCUT2D eigenvalue weighted by Crippen LogP contribution is 2.28. The SMILES string of the molecule is Cc1cc(C)c([Si](=O)N2CCC(N3CCC(C(C)C)CC3)CC2)c(C)c1. The standard InChI is InChI=1S/C22H36N2OSi/c1-16(2)20-6-10-23(11-7-20)21-8-12-24(13-9-21)26(25)22-18(4)14-17(3)15-19(22)5/h14-16,20-21H,6-13H2,1-5H3. The van der Waals surface area contributed by atoms with Crippen molar-refractivity contribution in [2.45, 2.75) is 66.3 Å². The summed E-state index contributed by atoms with van der Waals surface area (Å²) in [5, 5.41) is 1.11. The first-order chi connectivity index (χ1) is 12.4. The van der Waals surface area contributed by atoms with Crippen LogP contribution in [0.4, 0.5) is 0 Å². The second kappa shape index (κ2) is 8.35. The molecule has 2 heterocycles. The third-order valence-electron chi connectivity index (χ3n) is 6.68. The van der Waals surface area contributed by atoms with Crippen LogP contribution in [0.3, 0.4) is 0 Å². The van der Waals surface area contributed by atoms with Gasteiger partial charge >= 0.3 is 8.84 Å². The van der Waals surface area contributed by atoms with Gasteiger partial charge in [-0.05, 0) is 82.5 Å². The van der Waals surface area contributed by atoms with Crippen molar-refractivity contribution in [3.63, 3.8) is 0 Å². The van der Waals surface area contributed by atoms with Gasteiger partial charge in [-0.3, -0.25) is 0 Å². The summed E-state index contributed by atoms with van der Waals surface area (Å²) in [5.74, 6) is 1.74. The summed E-state index contributed by atoms with van der Waals surface area (Å²) in [6.45, 7) is 15.6. The molecule has 2 saturated heterocycles. The minimum Gasteiger partial charge on any atom is -0.374 e. The van der Waals surface area contributed by atoms with Crippen molar-refractivity contribution in [1.29, 1.82) is 0 Å². The minimum atomic E-state index is -1.85. The van der Waals surface area contributed by atoms with E-state index in [9.17, 15) is 4.46 Å². The van der Waals surface area contributed by atoms with Crippen LogP contribution >= 0.6 is 0 Å². The first kappa shape index (κ1) is 19.8. The highest BCUT2D eigenvalue weighted by Gasteiger charge is 2.32. The molecule has 1 aromatic rings. The molecule has 0 amide bonds. The Kier molecular flexibility index (Phi) is 6.34. The zero-order chi connectivity index (χ0) is 18.8. The predicted molar refractivity (Wildman–Crippen MR) is 110 cm³/mol. The van der Waals surface area contributed by atoms with E-state index in [-0.39, 0.29) is 0 Å². The van der Waals surface area contributed by atoms with Crippen LogP contribution in [0.25, 0.3) is 0 Å². The van der Waals surface area contributed by atoms with Gasteiger partial charge in [0.1, 0.15) is 0 Å². The molecule has 4 heteroatoms. The predicted octanol–water partition coefficient (Wildman–Crippen LogP) is 3.57. The largest absolute Gasteiger partial charge is 0.431 e. The number of nitrogens with zero attached hydrogens (tertiary/aromatic N) is 2. The fourth-order valence-corrected chi connectivity index (χ4v) is 6.86. The van der Waals surface area contributed by atoms with Gasteiger partial charge in [-0.15, -0.1) is 0 Å². The number of piperidine rings is 2. The molecule has 0 N–H and O–H groups in total. The van der Waals surface area contributed by atoms with Gasteiger partial charge in [-0.25, -0.2) is 0 Å². The Morgan fingerprint density at radius 2 is 1.46 bits per heavy atom. The number of hydrogen-bond acceptors (Lipinski definition) is 2.